The van der Waals surface area contributed by atoms with Crippen molar-refractivity contribution in [3.8, 4) is 0 Å². The molecule has 0 fully saturated rings. The number of carbonyl (C=O) groups is 2. The Morgan fingerprint density at radius 3 is 2.27 bits per heavy atom. The number of aliphatic carboxylic acids is 2. The van der Waals surface area contributed by atoms with Crippen LogP contribution >= 0.6 is 0 Å². The Kier molecular flexibility index (Phi) is 8.30. The average Bonchev–Trinajstić information content (AvgIpc) is 2.80. The third-order valence-corrected chi connectivity index (χ3v) is 5.24. The normalized spacial score (nSPS) is 17.5. The minimum atomic E-state index is -1.26. The fourth-order valence-electron chi connectivity index (χ4n) is 3.79. The molecule has 1 aliphatic rings. The maximum Gasteiger partial charge on any atom is 0.328 e. The molecule has 0 spiro atoms. The lowest BCUT2D eigenvalue weighted by molar-refractivity contribution is -0.134. The van der Waals surface area contributed by atoms with Crippen LogP contribution < -0.4 is 0 Å². The van der Waals surface area contributed by atoms with Gasteiger partial charge in [-0.25, -0.2) is 14.0 Å². The van der Waals surface area contributed by atoms with Gasteiger partial charge >= 0.3 is 11.9 Å². The molecule has 2 N–H and O–H groups in total. The van der Waals surface area contributed by atoms with E-state index in [1.54, 1.807) is 12.1 Å². The Hall–Kier alpha value is -2.99. The zero-order valence-electron chi connectivity index (χ0n) is 17.5. The molecule has 2 unspecified atom stereocenters. The Labute approximate surface area is 176 Å². The highest BCUT2D eigenvalue weighted by molar-refractivity contribution is 5.89. The van der Waals surface area contributed by atoms with Gasteiger partial charge in [0.25, 0.3) is 0 Å². The molecule has 1 aliphatic carbocycles. The molecule has 2 atom stereocenters. The molecule has 0 amide bonds. The molecule has 160 valence electrons. The summed E-state index contributed by atoms with van der Waals surface area (Å²) in [5, 5.41) is 15.6. The zero-order valence-corrected chi connectivity index (χ0v) is 17.5. The SMILES string of the molecule is CC1c2ccccc2CC(CCN(C)C)c2ccc(F)cc21.O=C(O)/C=C\C(=O)O. The molecule has 0 heterocycles. The summed E-state index contributed by atoms with van der Waals surface area (Å²) >= 11 is 0. The summed E-state index contributed by atoms with van der Waals surface area (Å²) in [6.07, 6.45) is 3.27. The summed E-state index contributed by atoms with van der Waals surface area (Å²) in [7, 11) is 4.22. The summed E-state index contributed by atoms with van der Waals surface area (Å²) in [6, 6.07) is 14.0. The Balaban J connectivity index is 0.000000343. The maximum atomic E-state index is 13.8. The highest BCUT2D eigenvalue weighted by atomic mass is 19.1. The van der Waals surface area contributed by atoms with Gasteiger partial charge in [0, 0.05) is 18.1 Å². The van der Waals surface area contributed by atoms with E-state index in [9.17, 15) is 14.0 Å². The van der Waals surface area contributed by atoms with Gasteiger partial charge in [-0.1, -0.05) is 37.3 Å². The zero-order chi connectivity index (χ0) is 22.3. The van der Waals surface area contributed by atoms with Crippen LogP contribution in [0.3, 0.4) is 0 Å². The van der Waals surface area contributed by atoms with Crippen LogP contribution in [0, 0.1) is 5.82 Å². The fraction of sp³-hybridized carbons (Fsp3) is 0.333. The molecule has 2 aromatic carbocycles. The highest BCUT2D eigenvalue weighted by Gasteiger charge is 2.26. The predicted molar refractivity (Wildman–Crippen MR) is 114 cm³/mol. The van der Waals surface area contributed by atoms with Crippen molar-refractivity contribution in [3.05, 3.63) is 82.7 Å². The number of carboxylic acid groups (broad SMARTS) is 2. The molecule has 3 rings (SSSR count). The van der Waals surface area contributed by atoms with Gasteiger partial charge in [-0.05, 0) is 73.8 Å². The molecular formula is C24H28FNO4. The van der Waals surface area contributed by atoms with Gasteiger partial charge in [0.1, 0.15) is 5.82 Å². The number of halogens is 1. The Bertz CT molecular complexity index is 907. The lowest BCUT2D eigenvalue weighted by Gasteiger charge is -2.21. The molecule has 0 aromatic heterocycles. The number of benzene rings is 2. The quantitative estimate of drug-likeness (QED) is 0.716. The minimum Gasteiger partial charge on any atom is -0.478 e. The molecule has 6 heteroatoms. The molecule has 0 bridgehead atoms. The van der Waals surface area contributed by atoms with Gasteiger partial charge in [0.2, 0.25) is 0 Å². The monoisotopic (exact) mass is 413 g/mol. The first kappa shape index (κ1) is 23.3. The lowest BCUT2D eigenvalue weighted by atomic mass is 9.86. The Morgan fingerprint density at radius 1 is 1.03 bits per heavy atom. The van der Waals surface area contributed by atoms with Gasteiger partial charge in [0.05, 0.1) is 0 Å². The first-order valence-electron chi connectivity index (χ1n) is 9.84. The van der Waals surface area contributed by atoms with Crippen LogP contribution in [0.5, 0.6) is 0 Å². The van der Waals surface area contributed by atoms with E-state index >= 15 is 0 Å². The van der Waals surface area contributed by atoms with Crippen molar-refractivity contribution in [3.63, 3.8) is 0 Å². The molecule has 0 saturated heterocycles. The number of hydrogen-bond donors (Lipinski definition) is 2. The van der Waals surface area contributed by atoms with Crippen LogP contribution in [-0.2, 0) is 16.0 Å². The third kappa shape index (κ3) is 6.52. The van der Waals surface area contributed by atoms with Gasteiger partial charge in [0.15, 0.2) is 0 Å². The fourth-order valence-corrected chi connectivity index (χ4v) is 3.79. The predicted octanol–water partition coefficient (Wildman–Crippen LogP) is 4.28. The first-order valence-corrected chi connectivity index (χ1v) is 9.84. The summed E-state index contributed by atoms with van der Waals surface area (Å²) in [4.78, 5) is 21.3. The van der Waals surface area contributed by atoms with Crippen LogP contribution in [0.25, 0.3) is 0 Å². The van der Waals surface area contributed by atoms with Crippen molar-refractivity contribution in [2.45, 2.75) is 31.6 Å². The van der Waals surface area contributed by atoms with Crippen molar-refractivity contribution in [2.24, 2.45) is 0 Å². The third-order valence-electron chi connectivity index (χ3n) is 5.24. The van der Waals surface area contributed by atoms with Crippen LogP contribution in [0.4, 0.5) is 4.39 Å². The summed E-state index contributed by atoms with van der Waals surface area (Å²) in [5.74, 6) is -1.92. The van der Waals surface area contributed by atoms with E-state index in [4.69, 9.17) is 10.2 Å². The van der Waals surface area contributed by atoms with Crippen molar-refractivity contribution in [1.29, 1.82) is 0 Å². The molecular weight excluding hydrogens is 385 g/mol. The first-order chi connectivity index (χ1) is 14.2. The number of rotatable bonds is 5. The van der Waals surface area contributed by atoms with Gasteiger partial charge in [-0.2, -0.15) is 0 Å². The largest absolute Gasteiger partial charge is 0.478 e. The molecule has 0 saturated carbocycles. The van der Waals surface area contributed by atoms with Crippen LogP contribution in [0.2, 0.25) is 0 Å². The van der Waals surface area contributed by atoms with E-state index < -0.39 is 11.9 Å². The molecule has 2 aromatic rings. The molecule has 0 aliphatic heterocycles. The summed E-state index contributed by atoms with van der Waals surface area (Å²) in [6.45, 7) is 3.25. The van der Waals surface area contributed by atoms with E-state index in [-0.39, 0.29) is 11.7 Å². The van der Waals surface area contributed by atoms with Crippen molar-refractivity contribution in [1.82, 2.24) is 4.90 Å². The Morgan fingerprint density at radius 2 is 1.67 bits per heavy atom. The topological polar surface area (TPSA) is 77.8 Å². The van der Waals surface area contributed by atoms with Crippen molar-refractivity contribution >= 4 is 11.9 Å². The number of fused-ring (bicyclic) bond motifs is 2. The number of carboxylic acids is 2. The second kappa shape index (κ2) is 10.7. The van der Waals surface area contributed by atoms with Gasteiger partial charge < -0.3 is 15.1 Å². The van der Waals surface area contributed by atoms with Crippen LogP contribution in [0.1, 0.15) is 47.4 Å². The number of nitrogens with zero attached hydrogens (tertiary/aromatic N) is 1. The van der Waals surface area contributed by atoms with E-state index in [1.165, 1.54) is 16.7 Å². The van der Waals surface area contributed by atoms with E-state index in [0.29, 0.717) is 18.1 Å². The highest BCUT2D eigenvalue weighted by Crippen LogP contribution is 2.40. The second-order valence-electron chi connectivity index (χ2n) is 7.70. The average molecular weight is 413 g/mol. The van der Waals surface area contributed by atoms with Crippen molar-refractivity contribution in [2.75, 3.05) is 20.6 Å². The molecule has 30 heavy (non-hydrogen) atoms. The van der Waals surface area contributed by atoms with Gasteiger partial charge in [-0.15, -0.1) is 0 Å². The van der Waals surface area contributed by atoms with Gasteiger partial charge in [-0.3, -0.25) is 0 Å². The second-order valence-corrected chi connectivity index (χ2v) is 7.70. The van der Waals surface area contributed by atoms with Crippen molar-refractivity contribution < 1.29 is 24.2 Å². The lowest BCUT2D eigenvalue weighted by Crippen LogP contribution is -2.17. The van der Waals surface area contributed by atoms with Crippen LogP contribution in [-0.4, -0.2) is 47.7 Å². The summed E-state index contributed by atoms with van der Waals surface area (Å²) in [5.41, 5.74) is 5.25. The molecule has 5 nitrogen and oxygen atoms in total. The maximum absolute atomic E-state index is 13.8. The molecule has 0 radical (unpaired) electrons. The standard InChI is InChI=1S/C20H24FN.C4H4O4/c1-14-18-7-5-4-6-15(18)12-16(10-11-22(2)3)19-9-8-17(21)13-20(14)19;5-3(6)1-2-4(7)8/h4-9,13-14,16H,10-12H2,1-3H3;1-2H,(H,5,6)(H,7,8)/b;2-1-. The van der Waals surface area contributed by atoms with Crippen LogP contribution in [0.15, 0.2) is 54.6 Å². The minimum absolute atomic E-state index is 0.128. The summed E-state index contributed by atoms with van der Waals surface area (Å²) < 4.78 is 13.8. The van der Waals surface area contributed by atoms with E-state index in [1.807, 2.05) is 6.07 Å². The van der Waals surface area contributed by atoms with E-state index in [2.05, 4.69) is 50.2 Å². The van der Waals surface area contributed by atoms with E-state index in [0.717, 1.165) is 24.9 Å². The number of hydrogen-bond acceptors (Lipinski definition) is 3. The smallest absolute Gasteiger partial charge is 0.328 e.